The molecule has 29 heavy (non-hydrogen) atoms. The lowest BCUT2D eigenvalue weighted by Crippen LogP contribution is -2.16. The van der Waals surface area contributed by atoms with Gasteiger partial charge in [0.05, 0.1) is 20.3 Å². The molecule has 0 saturated carbocycles. The van der Waals surface area contributed by atoms with Gasteiger partial charge in [-0.15, -0.1) is 0 Å². The van der Waals surface area contributed by atoms with Gasteiger partial charge in [-0.2, -0.15) is 0 Å². The van der Waals surface area contributed by atoms with E-state index in [-0.39, 0.29) is 11.8 Å². The first-order valence-corrected chi connectivity index (χ1v) is 10.6. The van der Waals surface area contributed by atoms with Crippen molar-refractivity contribution >= 4 is 43.3 Å². The fourth-order valence-corrected chi connectivity index (χ4v) is 3.54. The Hall–Kier alpha value is -2.31. The Labute approximate surface area is 187 Å². The molecule has 0 spiro atoms. The van der Waals surface area contributed by atoms with Crippen molar-refractivity contribution in [3.63, 3.8) is 0 Å². The molecule has 150 valence electrons. The number of anilines is 1. The smallest absolute Gasteiger partial charge is 0.165 e. The molecule has 6 heteroatoms. The van der Waals surface area contributed by atoms with Crippen LogP contribution in [-0.4, -0.2) is 20.0 Å². The fourth-order valence-electron chi connectivity index (χ4n) is 3.01. The summed E-state index contributed by atoms with van der Waals surface area (Å²) in [5.41, 5.74) is 2.56. The summed E-state index contributed by atoms with van der Waals surface area (Å²) in [5.74, 6) is 1.16. The zero-order valence-corrected chi connectivity index (χ0v) is 19.3. The number of carbonyl (C=O) groups excluding carboxylic acids is 1. The van der Waals surface area contributed by atoms with Gasteiger partial charge in [-0.3, -0.25) is 4.79 Å². The van der Waals surface area contributed by atoms with E-state index in [0.29, 0.717) is 23.5 Å². The van der Waals surface area contributed by atoms with Crippen LogP contribution < -0.4 is 14.8 Å². The molecular formula is C23H21Br2NO3. The van der Waals surface area contributed by atoms with Gasteiger partial charge in [0, 0.05) is 26.6 Å². The van der Waals surface area contributed by atoms with Crippen LogP contribution >= 0.6 is 31.9 Å². The highest BCUT2D eigenvalue weighted by atomic mass is 79.9. The maximum Gasteiger partial charge on any atom is 0.165 e. The minimum absolute atomic E-state index is 0.0171. The summed E-state index contributed by atoms with van der Waals surface area (Å²) in [4.78, 5) is 13.1. The van der Waals surface area contributed by atoms with Crippen molar-refractivity contribution in [1.29, 1.82) is 0 Å². The first kappa shape index (κ1) is 21.4. The van der Waals surface area contributed by atoms with Crippen molar-refractivity contribution in [2.45, 2.75) is 12.5 Å². The molecule has 3 aromatic carbocycles. The molecule has 0 aliphatic rings. The third-order valence-electron chi connectivity index (χ3n) is 4.55. The monoisotopic (exact) mass is 517 g/mol. The maximum absolute atomic E-state index is 13.1. The minimum Gasteiger partial charge on any atom is -0.493 e. The summed E-state index contributed by atoms with van der Waals surface area (Å²) in [6, 6.07) is 21.0. The maximum atomic E-state index is 13.1. The topological polar surface area (TPSA) is 47.6 Å². The fraction of sp³-hybridized carbons (Fsp3) is 0.174. The molecule has 0 aliphatic heterocycles. The van der Waals surface area contributed by atoms with E-state index in [1.165, 1.54) is 0 Å². The first-order valence-electron chi connectivity index (χ1n) is 9.03. The number of methoxy groups -OCH3 is 2. The van der Waals surface area contributed by atoms with Crippen LogP contribution in [0.25, 0.3) is 0 Å². The highest BCUT2D eigenvalue weighted by molar-refractivity contribution is 9.10. The summed E-state index contributed by atoms with van der Waals surface area (Å²) < 4.78 is 12.6. The summed E-state index contributed by atoms with van der Waals surface area (Å²) >= 11 is 6.92. The zero-order chi connectivity index (χ0) is 20.8. The van der Waals surface area contributed by atoms with E-state index in [9.17, 15) is 4.79 Å². The van der Waals surface area contributed by atoms with Crippen LogP contribution in [0.5, 0.6) is 11.5 Å². The van der Waals surface area contributed by atoms with Crippen LogP contribution in [0.3, 0.4) is 0 Å². The number of ether oxygens (including phenoxy) is 2. The quantitative estimate of drug-likeness (QED) is 0.339. The van der Waals surface area contributed by atoms with Gasteiger partial charge in [0.1, 0.15) is 0 Å². The number of rotatable bonds is 8. The lowest BCUT2D eigenvalue weighted by molar-refractivity contribution is 0.0976. The Morgan fingerprint density at radius 2 is 1.45 bits per heavy atom. The van der Waals surface area contributed by atoms with E-state index in [2.05, 4.69) is 37.2 Å². The second kappa shape index (κ2) is 9.94. The van der Waals surface area contributed by atoms with E-state index in [1.54, 1.807) is 32.4 Å². The molecule has 3 rings (SSSR count). The normalized spacial score (nSPS) is 11.6. The number of benzene rings is 3. The number of ketones is 1. The zero-order valence-electron chi connectivity index (χ0n) is 16.1. The van der Waals surface area contributed by atoms with Gasteiger partial charge in [0.25, 0.3) is 0 Å². The molecule has 4 nitrogen and oxygen atoms in total. The molecule has 3 aromatic rings. The van der Waals surface area contributed by atoms with Gasteiger partial charge in [-0.1, -0.05) is 44.0 Å². The number of nitrogens with one attached hydrogen (secondary N) is 1. The van der Waals surface area contributed by atoms with Gasteiger partial charge in [0.2, 0.25) is 0 Å². The number of halogens is 2. The molecule has 0 bridgehead atoms. The molecule has 1 unspecified atom stereocenters. The second-order valence-electron chi connectivity index (χ2n) is 6.45. The van der Waals surface area contributed by atoms with Crippen molar-refractivity contribution in [3.05, 3.63) is 86.8 Å². The van der Waals surface area contributed by atoms with Crippen LogP contribution in [0, 0.1) is 0 Å². The van der Waals surface area contributed by atoms with E-state index in [0.717, 1.165) is 20.2 Å². The van der Waals surface area contributed by atoms with Gasteiger partial charge >= 0.3 is 0 Å². The molecule has 1 N–H and O–H groups in total. The second-order valence-corrected chi connectivity index (χ2v) is 8.28. The van der Waals surface area contributed by atoms with Crippen LogP contribution in [0.4, 0.5) is 5.69 Å². The molecule has 0 aromatic heterocycles. The van der Waals surface area contributed by atoms with E-state index in [1.807, 2.05) is 48.5 Å². The Kier molecular flexibility index (Phi) is 7.34. The van der Waals surface area contributed by atoms with Gasteiger partial charge in [-0.25, -0.2) is 0 Å². The first-order chi connectivity index (χ1) is 14.0. The van der Waals surface area contributed by atoms with E-state index >= 15 is 0 Å². The summed E-state index contributed by atoms with van der Waals surface area (Å²) in [6.07, 6.45) is 0.299. The standard InChI is InChI=1S/C23H21Br2NO3/c1-28-22-12-5-16(13-23(22)29-2)21(27)14-20(15-3-6-17(24)7-4-15)26-19-10-8-18(25)9-11-19/h3-13,20,26H,14H2,1-2H3. The van der Waals surface area contributed by atoms with Crippen molar-refractivity contribution in [2.24, 2.45) is 0 Å². The number of Topliss-reactive ketones (excluding diaryl/α,β-unsaturated/α-hetero) is 1. The molecule has 0 amide bonds. The molecule has 0 saturated heterocycles. The van der Waals surface area contributed by atoms with Crippen LogP contribution in [-0.2, 0) is 0 Å². The Morgan fingerprint density at radius 1 is 0.862 bits per heavy atom. The van der Waals surface area contributed by atoms with Gasteiger partial charge in [-0.05, 0) is 60.2 Å². The molecule has 0 fully saturated rings. The van der Waals surface area contributed by atoms with E-state index in [4.69, 9.17) is 9.47 Å². The lowest BCUT2D eigenvalue weighted by atomic mass is 9.97. The van der Waals surface area contributed by atoms with E-state index < -0.39 is 0 Å². The Bertz CT molecular complexity index is 972. The van der Waals surface area contributed by atoms with Crippen molar-refractivity contribution in [2.75, 3.05) is 19.5 Å². The lowest BCUT2D eigenvalue weighted by Gasteiger charge is -2.20. The summed E-state index contributed by atoms with van der Waals surface area (Å²) in [5, 5.41) is 3.48. The van der Waals surface area contributed by atoms with Gasteiger partial charge < -0.3 is 14.8 Å². The molecule has 0 aliphatic carbocycles. The number of hydrogen-bond acceptors (Lipinski definition) is 4. The molecular weight excluding hydrogens is 498 g/mol. The highest BCUT2D eigenvalue weighted by Gasteiger charge is 2.19. The van der Waals surface area contributed by atoms with Gasteiger partial charge in [0.15, 0.2) is 17.3 Å². The molecule has 1 atom stereocenters. The SMILES string of the molecule is COc1ccc(C(=O)CC(Nc2ccc(Br)cc2)c2ccc(Br)cc2)cc1OC. The van der Waals surface area contributed by atoms with Crippen molar-refractivity contribution in [1.82, 2.24) is 0 Å². The average Bonchev–Trinajstić information content (AvgIpc) is 2.74. The summed E-state index contributed by atoms with van der Waals surface area (Å²) in [6.45, 7) is 0. The Balaban J connectivity index is 1.86. The average molecular weight is 519 g/mol. The number of carbonyl (C=O) groups is 1. The minimum atomic E-state index is -0.176. The molecule has 0 radical (unpaired) electrons. The van der Waals surface area contributed by atoms with Crippen LogP contribution in [0.1, 0.15) is 28.4 Å². The summed E-state index contributed by atoms with van der Waals surface area (Å²) in [7, 11) is 3.14. The predicted octanol–water partition coefficient (Wildman–Crippen LogP) is 6.66. The predicted molar refractivity (Wildman–Crippen MR) is 123 cm³/mol. The highest BCUT2D eigenvalue weighted by Crippen LogP contribution is 2.30. The van der Waals surface area contributed by atoms with Crippen molar-refractivity contribution < 1.29 is 14.3 Å². The van der Waals surface area contributed by atoms with Crippen LogP contribution in [0.2, 0.25) is 0 Å². The third kappa shape index (κ3) is 5.61. The number of hydrogen-bond donors (Lipinski definition) is 1. The van der Waals surface area contributed by atoms with Crippen molar-refractivity contribution in [3.8, 4) is 11.5 Å². The molecule has 0 heterocycles. The third-order valence-corrected chi connectivity index (χ3v) is 5.61. The Morgan fingerprint density at radius 3 is 2.03 bits per heavy atom. The van der Waals surface area contributed by atoms with Crippen LogP contribution in [0.15, 0.2) is 75.7 Å². The largest absolute Gasteiger partial charge is 0.493 e.